The molecule has 0 heterocycles. The number of carbonyl (C=O) groups is 1. The molecule has 0 aromatic heterocycles. The van der Waals surface area contributed by atoms with Crippen molar-refractivity contribution in [2.24, 2.45) is 11.5 Å². The number of primary amides is 1. The van der Waals surface area contributed by atoms with Crippen LogP contribution in [0.2, 0.25) is 0 Å². The van der Waals surface area contributed by atoms with Crippen molar-refractivity contribution in [3.8, 4) is 0 Å². The molecule has 0 saturated heterocycles. The van der Waals surface area contributed by atoms with Crippen molar-refractivity contribution < 1.29 is 4.79 Å². The van der Waals surface area contributed by atoms with Gasteiger partial charge in [0.1, 0.15) is 0 Å². The Labute approximate surface area is 99.4 Å². The Kier molecular flexibility index (Phi) is 6.60. The van der Waals surface area contributed by atoms with Gasteiger partial charge in [-0.1, -0.05) is 19.8 Å². The summed E-state index contributed by atoms with van der Waals surface area (Å²) in [7, 11) is 2.07. The molecular formula is C12H27N3O. The molecule has 0 aromatic rings. The first kappa shape index (κ1) is 15.4. The predicted molar refractivity (Wildman–Crippen MR) is 68.0 cm³/mol. The minimum absolute atomic E-state index is 0.277. The standard InChI is InChI=1S/C12H27N3O/c1-5-6-7-8-15(4)10(2)9-12(3,14)11(13)16/h10H,5-9,14H2,1-4H3,(H2,13,16). The van der Waals surface area contributed by atoms with Crippen molar-refractivity contribution in [1.29, 1.82) is 0 Å². The van der Waals surface area contributed by atoms with Gasteiger partial charge in [0.2, 0.25) is 5.91 Å². The third-order valence-electron chi connectivity index (χ3n) is 3.15. The zero-order valence-electron chi connectivity index (χ0n) is 11.1. The minimum atomic E-state index is -0.904. The van der Waals surface area contributed by atoms with Gasteiger partial charge in [-0.2, -0.15) is 0 Å². The summed E-state index contributed by atoms with van der Waals surface area (Å²) in [4.78, 5) is 13.4. The number of carbonyl (C=O) groups excluding carboxylic acids is 1. The van der Waals surface area contributed by atoms with Crippen LogP contribution in [0, 0.1) is 0 Å². The maximum Gasteiger partial charge on any atom is 0.237 e. The number of hydrogen-bond acceptors (Lipinski definition) is 3. The van der Waals surface area contributed by atoms with E-state index in [1.54, 1.807) is 6.92 Å². The molecule has 4 N–H and O–H groups in total. The van der Waals surface area contributed by atoms with Gasteiger partial charge in [0.25, 0.3) is 0 Å². The Hall–Kier alpha value is -0.610. The van der Waals surface area contributed by atoms with Crippen LogP contribution >= 0.6 is 0 Å². The van der Waals surface area contributed by atoms with Crippen LogP contribution in [0.5, 0.6) is 0 Å². The Morgan fingerprint density at radius 3 is 2.44 bits per heavy atom. The summed E-state index contributed by atoms with van der Waals surface area (Å²) in [5.41, 5.74) is 10.2. The lowest BCUT2D eigenvalue weighted by atomic mass is 9.93. The minimum Gasteiger partial charge on any atom is -0.368 e. The lowest BCUT2D eigenvalue weighted by molar-refractivity contribution is -0.123. The zero-order valence-corrected chi connectivity index (χ0v) is 11.1. The average molecular weight is 229 g/mol. The highest BCUT2D eigenvalue weighted by molar-refractivity contribution is 5.83. The van der Waals surface area contributed by atoms with Crippen molar-refractivity contribution in [2.45, 2.75) is 58.0 Å². The fourth-order valence-electron chi connectivity index (χ4n) is 1.70. The van der Waals surface area contributed by atoms with Crippen LogP contribution in [0.3, 0.4) is 0 Å². The Balaban J connectivity index is 4.04. The SMILES string of the molecule is CCCCCN(C)C(C)CC(C)(N)C(N)=O. The average Bonchev–Trinajstić information content (AvgIpc) is 2.17. The number of nitrogens with zero attached hydrogens (tertiary/aromatic N) is 1. The largest absolute Gasteiger partial charge is 0.368 e. The molecule has 0 bridgehead atoms. The summed E-state index contributed by atoms with van der Waals surface area (Å²) in [6.45, 7) is 7.02. The van der Waals surface area contributed by atoms with E-state index in [0.29, 0.717) is 6.42 Å². The van der Waals surface area contributed by atoms with Gasteiger partial charge < -0.3 is 16.4 Å². The van der Waals surface area contributed by atoms with E-state index >= 15 is 0 Å². The number of nitrogens with two attached hydrogens (primary N) is 2. The Morgan fingerprint density at radius 1 is 1.44 bits per heavy atom. The van der Waals surface area contributed by atoms with Gasteiger partial charge in [-0.15, -0.1) is 0 Å². The first-order valence-electron chi connectivity index (χ1n) is 6.10. The fourth-order valence-corrected chi connectivity index (χ4v) is 1.70. The quantitative estimate of drug-likeness (QED) is 0.612. The van der Waals surface area contributed by atoms with Gasteiger partial charge in [-0.25, -0.2) is 0 Å². The molecule has 16 heavy (non-hydrogen) atoms. The fraction of sp³-hybridized carbons (Fsp3) is 0.917. The van der Waals surface area contributed by atoms with Crippen LogP contribution in [0.4, 0.5) is 0 Å². The van der Waals surface area contributed by atoms with Crippen LogP contribution in [0.15, 0.2) is 0 Å². The van der Waals surface area contributed by atoms with Crippen molar-refractivity contribution in [2.75, 3.05) is 13.6 Å². The number of unbranched alkanes of at least 4 members (excludes halogenated alkanes) is 2. The molecule has 0 radical (unpaired) electrons. The summed E-state index contributed by atoms with van der Waals surface area (Å²) in [5.74, 6) is -0.429. The predicted octanol–water partition coefficient (Wildman–Crippen LogP) is 1.09. The van der Waals surface area contributed by atoms with E-state index in [1.807, 2.05) is 0 Å². The topological polar surface area (TPSA) is 72.3 Å². The molecule has 2 unspecified atom stereocenters. The molecule has 0 aliphatic carbocycles. The molecule has 0 fully saturated rings. The van der Waals surface area contributed by atoms with Crippen LogP contribution < -0.4 is 11.5 Å². The maximum atomic E-state index is 11.1. The summed E-state index contributed by atoms with van der Waals surface area (Å²) in [6.07, 6.45) is 4.25. The van der Waals surface area contributed by atoms with E-state index in [4.69, 9.17) is 11.5 Å². The van der Waals surface area contributed by atoms with Crippen LogP contribution in [-0.2, 0) is 4.79 Å². The van der Waals surface area contributed by atoms with E-state index in [2.05, 4.69) is 25.8 Å². The van der Waals surface area contributed by atoms with E-state index in [1.165, 1.54) is 19.3 Å². The molecule has 0 saturated carbocycles. The Bertz CT molecular complexity index is 216. The van der Waals surface area contributed by atoms with Crippen molar-refractivity contribution in [1.82, 2.24) is 4.90 Å². The van der Waals surface area contributed by atoms with Crippen LogP contribution in [0.25, 0.3) is 0 Å². The molecule has 4 heteroatoms. The van der Waals surface area contributed by atoms with Gasteiger partial charge in [0.05, 0.1) is 5.54 Å². The van der Waals surface area contributed by atoms with Gasteiger partial charge in [0, 0.05) is 6.04 Å². The van der Waals surface area contributed by atoms with E-state index in [-0.39, 0.29) is 6.04 Å². The molecule has 0 aromatic carbocycles. The third-order valence-corrected chi connectivity index (χ3v) is 3.15. The van der Waals surface area contributed by atoms with Gasteiger partial charge in [-0.3, -0.25) is 4.79 Å². The van der Waals surface area contributed by atoms with Gasteiger partial charge in [-0.05, 0) is 40.3 Å². The van der Waals surface area contributed by atoms with Gasteiger partial charge in [0.15, 0.2) is 0 Å². The van der Waals surface area contributed by atoms with E-state index < -0.39 is 11.4 Å². The molecule has 0 spiro atoms. The van der Waals surface area contributed by atoms with E-state index in [9.17, 15) is 4.79 Å². The van der Waals surface area contributed by atoms with Crippen molar-refractivity contribution in [3.63, 3.8) is 0 Å². The lowest BCUT2D eigenvalue weighted by Crippen LogP contribution is -2.53. The maximum absolute atomic E-state index is 11.1. The zero-order chi connectivity index (χ0) is 12.8. The second-order valence-electron chi connectivity index (χ2n) is 5.02. The number of rotatable bonds is 8. The highest BCUT2D eigenvalue weighted by Crippen LogP contribution is 2.13. The molecule has 0 rings (SSSR count). The monoisotopic (exact) mass is 229 g/mol. The van der Waals surface area contributed by atoms with Gasteiger partial charge >= 0.3 is 0 Å². The van der Waals surface area contributed by atoms with Crippen molar-refractivity contribution in [3.05, 3.63) is 0 Å². The highest BCUT2D eigenvalue weighted by atomic mass is 16.1. The van der Waals surface area contributed by atoms with Crippen molar-refractivity contribution >= 4 is 5.91 Å². The number of amides is 1. The molecular weight excluding hydrogens is 202 g/mol. The molecule has 4 nitrogen and oxygen atoms in total. The summed E-state index contributed by atoms with van der Waals surface area (Å²) in [6, 6.07) is 0.277. The summed E-state index contributed by atoms with van der Waals surface area (Å²) >= 11 is 0. The second-order valence-corrected chi connectivity index (χ2v) is 5.02. The second kappa shape index (κ2) is 6.86. The summed E-state index contributed by atoms with van der Waals surface area (Å²) in [5, 5.41) is 0. The van der Waals surface area contributed by atoms with Crippen LogP contribution in [0.1, 0.15) is 46.5 Å². The third kappa shape index (κ3) is 5.47. The summed E-state index contributed by atoms with van der Waals surface area (Å²) < 4.78 is 0. The smallest absolute Gasteiger partial charge is 0.237 e. The number of hydrogen-bond donors (Lipinski definition) is 2. The Morgan fingerprint density at radius 2 is 2.00 bits per heavy atom. The molecule has 96 valence electrons. The molecule has 2 atom stereocenters. The highest BCUT2D eigenvalue weighted by Gasteiger charge is 2.29. The molecule has 0 aliphatic heterocycles. The molecule has 0 aliphatic rings. The normalized spacial score (nSPS) is 17.1. The first-order chi connectivity index (χ1) is 7.31. The molecule has 1 amide bonds. The first-order valence-corrected chi connectivity index (χ1v) is 6.10. The van der Waals surface area contributed by atoms with Crippen LogP contribution in [-0.4, -0.2) is 36.0 Å². The lowest BCUT2D eigenvalue weighted by Gasteiger charge is -2.30. The van der Waals surface area contributed by atoms with E-state index in [0.717, 1.165) is 6.54 Å².